The highest BCUT2D eigenvalue weighted by atomic mass is 32.2. The van der Waals surface area contributed by atoms with Crippen molar-refractivity contribution >= 4 is 38.7 Å². The highest BCUT2D eigenvalue weighted by molar-refractivity contribution is 7.89. The standard InChI is InChI=1S/C30H34N6O4S/c1-21(23-11-13-26(14-12-23)41(37,38)31-2)35-36-25-19-29(34-30(20-25)33-24-8-6-5-7-9-24)32-17-16-22-10-15-27(39-3)28(18-22)40-4/h5-15,18-20,31H,16-17H2,1-4H3,(H3,32,33,34,36). The van der Waals surface area contributed by atoms with Gasteiger partial charge in [0.25, 0.3) is 0 Å². The van der Waals surface area contributed by atoms with Crippen LogP contribution >= 0.6 is 0 Å². The molecule has 4 N–H and O–H groups in total. The minimum Gasteiger partial charge on any atom is -0.493 e. The number of methoxy groups -OCH3 is 2. The first-order chi connectivity index (χ1) is 19.8. The van der Waals surface area contributed by atoms with Gasteiger partial charge in [0.05, 0.1) is 30.5 Å². The number of hydrogen-bond acceptors (Lipinski definition) is 9. The Morgan fingerprint density at radius 2 is 1.56 bits per heavy atom. The van der Waals surface area contributed by atoms with Crippen LogP contribution in [0.5, 0.6) is 11.5 Å². The molecule has 4 rings (SSSR count). The molecule has 3 aromatic carbocycles. The Balaban J connectivity index is 1.51. The number of rotatable bonds is 13. The van der Waals surface area contributed by atoms with Crippen molar-refractivity contribution in [2.45, 2.75) is 18.2 Å². The van der Waals surface area contributed by atoms with Crippen LogP contribution in [0.25, 0.3) is 0 Å². The second-order valence-electron chi connectivity index (χ2n) is 9.02. The van der Waals surface area contributed by atoms with E-state index in [-0.39, 0.29) is 4.90 Å². The van der Waals surface area contributed by atoms with Crippen molar-refractivity contribution in [2.75, 3.05) is 43.9 Å². The number of sulfonamides is 1. The number of ether oxygens (including phenoxy) is 2. The molecule has 0 fully saturated rings. The van der Waals surface area contributed by atoms with E-state index in [1.165, 1.54) is 7.05 Å². The Labute approximate surface area is 240 Å². The number of para-hydroxylation sites is 1. The van der Waals surface area contributed by atoms with Crippen LogP contribution in [0.1, 0.15) is 18.1 Å². The third kappa shape index (κ3) is 7.96. The molecule has 0 atom stereocenters. The normalized spacial score (nSPS) is 11.6. The third-order valence-electron chi connectivity index (χ3n) is 6.24. The average Bonchev–Trinajstić information content (AvgIpc) is 3.00. The molecule has 0 saturated carbocycles. The van der Waals surface area contributed by atoms with E-state index in [0.717, 1.165) is 28.9 Å². The van der Waals surface area contributed by atoms with Gasteiger partial charge in [-0.15, -0.1) is 0 Å². The number of hydrogen-bond donors (Lipinski definition) is 4. The maximum absolute atomic E-state index is 12.0. The van der Waals surface area contributed by atoms with Crippen LogP contribution in [0, 0.1) is 0 Å². The van der Waals surface area contributed by atoms with Crippen LogP contribution < -0.4 is 30.3 Å². The molecule has 1 heterocycles. The lowest BCUT2D eigenvalue weighted by molar-refractivity contribution is 0.354. The minimum absolute atomic E-state index is 0.194. The minimum atomic E-state index is -3.50. The monoisotopic (exact) mass is 574 g/mol. The van der Waals surface area contributed by atoms with Crippen molar-refractivity contribution in [3.05, 3.63) is 96.1 Å². The van der Waals surface area contributed by atoms with Crippen molar-refractivity contribution in [1.82, 2.24) is 9.71 Å². The van der Waals surface area contributed by atoms with Gasteiger partial charge in [0.15, 0.2) is 11.5 Å². The van der Waals surface area contributed by atoms with E-state index in [9.17, 15) is 8.42 Å². The lowest BCUT2D eigenvalue weighted by Gasteiger charge is -2.13. The Hall–Kier alpha value is -4.61. The van der Waals surface area contributed by atoms with Crippen LogP contribution in [0.4, 0.5) is 23.0 Å². The first-order valence-corrected chi connectivity index (χ1v) is 14.4. The topological polar surface area (TPSA) is 126 Å². The number of nitrogens with one attached hydrogen (secondary N) is 4. The van der Waals surface area contributed by atoms with Crippen LogP contribution in [0.2, 0.25) is 0 Å². The highest BCUT2D eigenvalue weighted by Gasteiger charge is 2.11. The summed E-state index contributed by atoms with van der Waals surface area (Å²) in [5.74, 6) is 2.69. The van der Waals surface area contributed by atoms with Gasteiger partial charge in [-0.25, -0.2) is 18.1 Å². The van der Waals surface area contributed by atoms with Crippen molar-refractivity contribution in [3.63, 3.8) is 0 Å². The first-order valence-electron chi connectivity index (χ1n) is 12.9. The van der Waals surface area contributed by atoms with E-state index in [0.29, 0.717) is 35.4 Å². The summed E-state index contributed by atoms with van der Waals surface area (Å²) in [7, 11) is 1.12. The van der Waals surface area contributed by atoms with Gasteiger partial charge in [0.2, 0.25) is 10.0 Å². The number of aromatic nitrogens is 1. The summed E-state index contributed by atoms with van der Waals surface area (Å²) >= 11 is 0. The number of benzene rings is 3. The van der Waals surface area contributed by atoms with Crippen LogP contribution in [0.15, 0.2) is 94.9 Å². The molecule has 41 heavy (non-hydrogen) atoms. The third-order valence-corrected chi connectivity index (χ3v) is 7.67. The van der Waals surface area contributed by atoms with Gasteiger partial charge in [-0.3, -0.25) is 5.43 Å². The van der Waals surface area contributed by atoms with E-state index in [1.807, 2.05) is 67.6 Å². The largest absolute Gasteiger partial charge is 0.493 e. The molecule has 0 saturated heterocycles. The fraction of sp³-hybridized carbons (Fsp3) is 0.200. The Morgan fingerprint density at radius 3 is 2.24 bits per heavy atom. The quantitative estimate of drug-likeness (QED) is 0.126. The molecule has 0 amide bonds. The average molecular weight is 575 g/mol. The lowest BCUT2D eigenvalue weighted by Crippen LogP contribution is -2.18. The molecule has 0 unspecified atom stereocenters. The van der Waals surface area contributed by atoms with E-state index < -0.39 is 10.0 Å². The molecule has 0 aliphatic rings. The van der Waals surface area contributed by atoms with Crippen molar-refractivity contribution in [1.29, 1.82) is 0 Å². The van der Waals surface area contributed by atoms with E-state index >= 15 is 0 Å². The van der Waals surface area contributed by atoms with Crippen LogP contribution in [-0.4, -0.2) is 46.9 Å². The molecule has 0 radical (unpaired) electrons. The van der Waals surface area contributed by atoms with Crippen LogP contribution in [0.3, 0.4) is 0 Å². The number of hydrazone groups is 1. The predicted octanol–water partition coefficient (Wildman–Crippen LogP) is 5.24. The molecule has 1 aromatic heterocycles. The van der Waals surface area contributed by atoms with Gasteiger partial charge in [0.1, 0.15) is 11.6 Å². The maximum atomic E-state index is 12.0. The summed E-state index contributed by atoms with van der Waals surface area (Å²) in [5.41, 5.74) is 7.32. The molecule has 214 valence electrons. The Bertz CT molecular complexity index is 1590. The predicted molar refractivity (Wildman–Crippen MR) is 164 cm³/mol. The Morgan fingerprint density at radius 1 is 0.854 bits per heavy atom. The SMILES string of the molecule is CNS(=O)(=O)c1ccc(C(C)=NNc2cc(NCCc3ccc(OC)c(OC)c3)nc(Nc3ccccc3)c2)cc1. The van der Waals surface area contributed by atoms with Crippen LogP contribution in [-0.2, 0) is 16.4 Å². The van der Waals surface area contributed by atoms with Gasteiger partial charge in [-0.05, 0) is 67.9 Å². The molecular formula is C30H34N6O4S. The maximum Gasteiger partial charge on any atom is 0.240 e. The number of anilines is 4. The fourth-order valence-electron chi connectivity index (χ4n) is 4.00. The number of pyridine rings is 1. The van der Waals surface area contributed by atoms with Crippen molar-refractivity contribution in [3.8, 4) is 11.5 Å². The smallest absolute Gasteiger partial charge is 0.240 e. The second-order valence-corrected chi connectivity index (χ2v) is 10.9. The van der Waals surface area contributed by atoms with Gasteiger partial charge < -0.3 is 20.1 Å². The van der Waals surface area contributed by atoms with E-state index in [4.69, 9.17) is 14.5 Å². The zero-order valence-electron chi connectivity index (χ0n) is 23.4. The summed E-state index contributed by atoms with van der Waals surface area (Å²) in [6.45, 7) is 2.49. The van der Waals surface area contributed by atoms with Gasteiger partial charge in [0, 0.05) is 24.4 Å². The molecule has 4 aromatic rings. The van der Waals surface area contributed by atoms with Gasteiger partial charge in [-0.1, -0.05) is 36.4 Å². The zero-order valence-corrected chi connectivity index (χ0v) is 24.2. The highest BCUT2D eigenvalue weighted by Crippen LogP contribution is 2.28. The molecular weight excluding hydrogens is 540 g/mol. The molecule has 0 bridgehead atoms. The zero-order chi connectivity index (χ0) is 29.2. The summed E-state index contributed by atoms with van der Waals surface area (Å²) in [4.78, 5) is 4.92. The molecule has 0 spiro atoms. The fourth-order valence-corrected chi connectivity index (χ4v) is 4.73. The molecule has 0 aliphatic carbocycles. The van der Waals surface area contributed by atoms with E-state index in [1.54, 1.807) is 38.5 Å². The first kappa shape index (κ1) is 29.4. The summed E-state index contributed by atoms with van der Waals surface area (Å²) < 4.78 is 37.1. The lowest BCUT2D eigenvalue weighted by atomic mass is 10.1. The summed E-state index contributed by atoms with van der Waals surface area (Å²) in [6.07, 6.45) is 0.748. The van der Waals surface area contributed by atoms with E-state index in [2.05, 4.69) is 25.9 Å². The second kappa shape index (κ2) is 13.6. The number of nitrogens with zero attached hydrogens (tertiary/aromatic N) is 2. The Kier molecular flexibility index (Phi) is 9.77. The van der Waals surface area contributed by atoms with Crippen molar-refractivity contribution < 1.29 is 17.9 Å². The molecule has 0 aliphatic heterocycles. The summed E-state index contributed by atoms with van der Waals surface area (Å²) in [6, 6.07) is 25.9. The van der Waals surface area contributed by atoms with Gasteiger partial charge >= 0.3 is 0 Å². The van der Waals surface area contributed by atoms with Gasteiger partial charge in [-0.2, -0.15) is 5.10 Å². The molecule has 10 nitrogen and oxygen atoms in total. The molecule has 11 heteroatoms. The van der Waals surface area contributed by atoms with Crippen molar-refractivity contribution in [2.24, 2.45) is 5.10 Å². The summed E-state index contributed by atoms with van der Waals surface area (Å²) in [5, 5.41) is 11.3.